The quantitative estimate of drug-likeness (QED) is 0.367. The summed E-state index contributed by atoms with van der Waals surface area (Å²) in [6.45, 7) is 6.72. The summed E-state index contributed by atoms with van der Waals surface area (Å²) in [4.78, 5) is 27.7. The van der Waals surface area contributed by atoms with Crippen LogP contribution in [-0.2, 0) is 20.7 Å². The van der Waals surface area contributed by atoms with Crippen LogP contribution >= 0.6 is 0 Å². The number of amides is 2. The molecule has 1 aliphatic rings. The summed E-state index contributed by atoms with van der Waals surface area (Å²) in [5, 5.41) is 33.8. The zero-order valence-corrected chi connectivity index (χ0v) is 21.0. The Morgan fingerprint density at radius 2 is 1.86 bits per heavy atom. The molecule has 1 aromatic carbocycles. The van der Waals surface area contributed by atoms with Gasteiger partial charge in [0.25, 0.3) is 5.91 Å². The molecule has 1 aliphatic heterocycles. The van der Waals surface area contributed by atoms with E-state index in [9.17, 15) is 29.3 Å². The molecule has 196 valence electrons. The molecule has 2 rings (SSSR count). The highest BCUT2D eigenvalue weighted by Gasteiger charge is 2.37. The standard InChI is InChI=1S/C26H39FN2O6/c1-26(2,3)14-12-20(30)21(31)22(32)23(35-4)24(33)28-19-7-5-6-15-29(25(19)34)16-13-17-8-10-18(27)11-9-17/h8-12,14,19-23,30-32H,5-7,13,15-16H2,1-4H3,(H,28,33)/b14-12+/t19?,20-,21+,22-,23-/m1/s1. The second-order valence-electron chi connectivity index (χ2n) is 10.1. The predicted molar refractivity (Wildman–Crippen MR) is 130 cm³/mol. The lowest BCUT2D eigenvalue weighted by Crippen LogP contribution is -2.56. The number of methoxy groups -OCH3 is 1. The first-order chi connectivity index (χ1) is 16.4. The van der Waals surface area contributed by atoms with Gasteiger partial charge in [0.2, 0.25) is 5.91 Å². The van der Waals surface area contributed by atoms with Crippen molar-refractivity contribution in [3.05, 3.63) is 47.8 Å². The van der Waals surface area contributed by atoms with Gasteiger partial charge in [-0.1, -0.05) is 45.1 Å². The van der Waals surface area contributed by atoms with Crippen molar-refractivity contribution in [2.75, 3.05) is 20.2 Å². The Kier molecular flexibility index (Phi) is 10.8. The normalized spacial score (nSPS) is 20.9. The summed E-state index contributed by atoms with van der Waals surface area (Å²) in [7, 11) is 1.21. The third kappa shape index (κ3) is 9.00. The SMILES string of the molecule is CO[C@@H](C(=O)NC1CCCCN(CCc2ccc(F)cc2)C1=O)[C@H](O)[C@@H](O)[C@H](O)/C=C/C(C)(C)C. The Morgan fingerprint density at radius 1 is 1.20 bits per heavy atom. The summed E-state index contributed by atoms with van der Waals surface area (Å²) >= 11 is 0. The average Bonchev–Trinajstić information content (AvgIpc) is 2.97. The molecule has 0 bridgehead atoms. The minimum absolute atomic E-state index is 0.240. The molecule has 8 nitrogen and oxygen atoms in total. The maximum absolute atomic E-state index is 13.1. The lowest BCUT2D eigenvalue weighted by molar-refractivity contribution is -0.151. The van der Waals surface area contributed by atoms with Crippen molar-refractivity contribution in [3.63, 3.8) is 0 Å². The van der Waals surface area contributed by atoms with Crippen molar-refractivity contribution in [2.24, 2.45) is 5.41 Å². The number of aliphatic hydroxyl groups excluding tert-OH is 3. The molecule has 9 heteroatoms. The second kappa shape index (κ2) is 13.1. The van der Waals surface area contributed by atoms with E-state index in [0.717, 1.165) is 18.4 Å². The number of benzene rings is 1. The fourth-order valence-corrected chi connectivity index (χ4v) is 3.91. The maximum Gasteiger partial charge on any atom is 0.252 e. The van der Waals surface area contributed by atoms with Gasteiger partial charge in [-0.2, -0.15) is 0 Å². The van der Waals surface area contributed by atoms with Crippen LogP contribution in [0.25, 0.3) is 0 Å². The summed E-state index contributed by atoms with van der Waals surface area (Å²) in [6, 6.07) is 5.31. The zero-order chi connectivity index (χ0) is 26.2. The molecular weight excluding hydrogens is 455 g/mol. The van der Waals surface area contributed by atoms with Gasteiger partial charge in [-0.25, -0.2) is 4.39 Å². The van der Waals surface area contributed by atoms with Gasteiger partial charge in [-0.3, -0.25) is 9.59 Å². The van der Waals surface area contributed by atoms with Gasteiger partial charge < -0.3 is 30.3 Å². The van der Waals surface area contributed by atoms with Gasteiger partial charge in [0, 0.05) is 20.2 Å². The van der Waals surface area contributed by atoms with Gasteiger partial charge in [0.05, 0.1) is 0 Å². The van der Waals surface area contributed by atoms with Gasteiger partial charge in [0.15, 0.2) is 6.10 Å². The number of carbonyl (C=O) groups excluding carboxylic acids is 2. The van der Waals surface area contributed by atoms with Crippen molar-refractivity contribution < 1.29 is 34.0 Å². The number of likely N-dealkylation sites (tertiary alicyclic amines) is 1. The van der Waals surface area contributed by atoms with E-state index >= 15 is 0 Å². The summed E-state index contributed by atoms with van der Waals surface area (Å²) in [5.41, 5.74) is 0.659. The summed E-state index contributed by atoms with van der Waals surface area (Å²) < 4.78 is 18.3. The smallest absolute Gasteiger partial charge is 0.252 e. The molecule has 0 radical (unpaired) electrons. The van der Waals surface area contributed by atoms with Crippen LogP contribution in [0.4, 0.5) is 4.39 Å². The Morgan fingerprint density at radius 3 is 2.46 bits per heavy atom. The first kappa shape index (κ1) is 28.9. The Balaban J connectivity index is 2.01. The number of allylic oxidation sites excluding steroid dienone is 1. The minimum atomic E-state index is -1.71. The molecule has 1 aromatic rings. The van der Waals surface area contributed by atoms with Crippen LogP contribution in [0.5, 0.6) is 0 Å². The van der Waals surface area contributed by atoms with Crippen LogP contribution in [0.15, 0.2) is 36.4 Å². The fraction of sp³-hybridized carbons (Fsp3) is 0.615. The molecule has 1 unspecified atom stereocenters. The van der Waals surface area contributed by atoms with Crippen molar-refractivity contribution >= 4 is 11.8 Å². The van der Waals surface area contributed by atoms with Gasteiger partial charge in [-0.15, -0.1) is 0 Å². The van der Waals surface area contributed by atoms with E-state index < -0.39 is 36.4 Å². The molecule has 0 aromatic heterocycles. The van der Waals surface area contributed by atoms with Gasteiger partial charge in [0.1, 0.15) is 30.2 Å². The van der Waals surface area contributed by atoms with Crippen LogP contribution in [0.1, 0.15) is 45.6 Å². The number of nitrogens with zero attached hydrogens (tertiary/aromatic N) is 1. The first-order valence-corrected chi connectivity index (χ1v) is 12.0. The molecule has 5 atom stereocenters. The second-order valence-corrected chi connectivity index (χ2v) is 10.1. The van der Waals surface area contributed by atoms with Crippen molar-refractivity contribution in [1.29, 1.82) is 0 Å². The molecule has 1 saturated heterocycles. The Labute approximate surface area is 206 Å². The van der Waals surface area contributed by atoms with E-state index in [0.29, 0.717) is 25.9 Å². The highest BCUT2D eigenvalue weighted by molar-refractivity contribution is 5.89. The third-order valence-corrected chi connectivity index (χ3v) is 6.00. The van der Waals surface area contributed by atoms with E-state index in [2.05, 4.69) is 5.32 Å². The number of halogens is 1. The van der Waals surface area contributed by atoms with Crippen LogP contribution in [0.2, 0.25) is 0 Å². The van der Waals surface area contributed by atoms with E-state index in [1.54, 1.807) is 23.1 Å². The number of ether oxygens (including phenoxy) is 1. The van der Waals surface area contributed by atoms with Crippen LogP contribution < -0.4 is 5.32 Å². The van der Waals surface area contributed by atoms with Crippen LogP contribution in [-0.4, -0.2) is 82.7 Å². The van der Waals surface area contributed by atoms with Gasteiger partial charge >= 0.3 is 0 Å². The van der Waals surface area contributed by atoms with Gasteiger partial charge in [-0.05, 0) is 48.8 Å². The lowest BCUT2D eigenvalue weighted by atomic mass is 9.94. The number of hydrogen-bond donors (Lipinski definition) is 4. The fourth-order valence-electron chi connectivity index (χ4n) is 3.91. The maximum atomic E-state index is 13.1. The Hall–Kier alpha value is -2.33. The molecular formula is C26H39FN2O6. The molecule has 0 saturated carbocycles. The highest BCUT2D eigenvalue weighted by Crippen LogP contribution is 2.18. The summed E-state index contributed by atoms with van der Waals surface area (Å²) in [5.74, 6) is -1.30. The molecule has 35 heavy (non-hydrogen) atoms. The third-order valence-electron chi connectivity index (χ3n) is 6.00. The predicted octanol–water partition coefficient (Wildman–Crippen LogP) is 1.57. The monoisotopic (exact) mass is 494 g/mol. The average molecular weight is 495 g/mol. The van der Waals surface area contributed by atoms with E-state index in [1.807, 2.05) is 20.8 Å². The minimum Gasteiger partial charge on any atom is -0.387 e. The number of nitrogens with one attached hydrogen (secondary N) is 1. The van der Waals surface area contributed by atoms with Crippen molar-refractivity contribution in [2.45, 2.75) is 76.9 Å². The van der Waals surface area contributed by atoms with Crippen molar-refractivity contribution in [3.8, 4) is 0 Å². The van der Waals surface area contributed by atoms with E-state index in [4.69, 9.17) is 4.74 Å². The van der Waals surface area contributed by atoms with Crippen LogP contribution in [0.3, 0.4) is 0 Å². The molecule has 1 fully saturated rings. The number of rotatable bonds is 10. The summed E-state index contributed by atoms with van der Waals surface area (Å²) in [6.07, 6.45) is -0.709. The number of hydrogen-bond acceptors (Lipinski definition) is 6. The molecule has 0 spiro atoms. The number of carbonyl (C=O) groups is 2. The van der Waals surface area contributed by atoms with E-state index in [-0.39, 0.29) is 17.1 Å². The molecule has 4 N–H and O–H groups in total. The van der Waals surface area contributed by atoms with Crippen molar-refractivity contribution in [1.82, 2.24) is 10.2 Å². The number of aliphatic hydroxyl groups is 3. The highest BCUT2D eigenvalue weighted by atomic mass is 19.1. The molecule has 0 aliphatic carbocycles. The molecule has 1 heterocycles. The zero-order valence-electron chi connectivity index (χ0n) is 21.0. The largest absolute Gasteiger partial charge is 0.387 e. The lowest BCUT2D eigenvalue weighted by Gasteiger charge is -2.29. The first-order valence-electron chi connectivity index (χ1n) is 12.0. The Bertz CT molecular complexity index is 854. The molecule has 2 amide bonds. The van der Waals surface area contributed by atoms with Crippen LogP contribution in [0, 0.1) is 11.2 Å². The topological polar surface area (TPSA) is 119 Å². The van der Waals surface area contributed by atoms with E-state index in [1.165, 1.54) is 25.3 Å².